The van der Waals surface area contributed by atoms with E-state index in [0.717, 1.165) is 6.07 Å². The van der Waals surface area contributed by atoms with E-state index in [1.807, 2.05) is 13.8 Å². The molecule has 0 aromatic heterocycles. The van der Waals surface area contributed by atoms with Crippen LogP contribution in [0.1, 0.15) is 40.1 Å². The molecule has 0 radical (unpaired) electrons. The molecule has 9 heteroatoms. The van der Waals surface area contributed by atoms with Gasteiger partial charge in [-0.3, -0.25) is 15.0 Å². The van der Waals surface area contributed by atoms with Crippen molar-refractivity contribution in [3.8, 4) is 17.2 Å². The molecule has 1 aliphatic rings. The molecule has 1 heterocycles. The van der Waals surface area contributed by atoms with E-state index in [1.54, 1.807) is 27.2 Å². The summed E-state index contributed by atoms with van der Waals surface area (Å²) >= 11 is 0. The van der Waals surface area contributed by atoms with E-state index in [-0.39, 0.29) is 34.4 Å². The second-order valence-corrected chi connectivity index (χ2v) is 8.43. The summed E-state index contributed by atoms with van der Waals surface area (Å²) in [6.45, 7) is 3.80. The second kappa shape index (κ2) is 9.32. The number of fused-ring (bicyclic) bond motifs is 1. The number of carbonyl (C=O) groups excluding carboxylic acids is 2. The lowest BCUT2D eigenvalue weighted by Crippen LogP contribution is -2.28. The first-order valence-electron chi connectivity index (χ1n) is 10.3. The first-order valence-corrected chi connectivity index (χ1v) is 10.3. The molecule has 174 valence electrons. The lowest BCUT2D eigenvalue weighted by Gasteiger charge is -2.16. The van der Waals surface area contributed by atoms with Gasteiger partial charge in [0.05, 0.1) is 0 Å². The van der Waals surface area contributed by atoms with Crippen LogP contribution in [0.4, 0.5) is 4.39 Å². The molecule has 0 spiro atoms. The van der Waals surface area contributed by atoms with Crippen molar-refractivity contribution in [1.29, 1.82) is 5.41 Å². The molecule has 33 heavy (non-hydrogen) atoms. The van der Waals surface area contributed by atoms with E-state index in [1.165, 1.54) is 35.4 Å². The number of hydrogen-bond donors (Lipinski definition) is 3. The Morgan fingerprint density at radius 1 is 1.18 bits per heavy atom. The fourth-order valence-electron chi connectivity index (χ4n) is 3.36. The predicted molar refractivity (Wildman–Crippen MR) is 123 cm³/mol. The molecule has 0 atom stereocenters. The minimum absolute atomic E-state index is 0.0838. The van der Waals surface area contributed by atoms with Crippen LogP contribution in [0.15, 0.2) is 42.6 Å². The molecule has 2 aromatic rings. The number of rotatable bonds is 6. The predicted octanol–water partition coefficient (Wildman–Crippen LogP) is 3.47. The smallest absolute Gasteiger partial charge is 0.257 e. The standard InChI is InChI=1S/C24H27FN4O4/c1-24(2)13-16-19(32-18-7-6-14(10-17(18)25)23(31)29(4)5)11-15(12-20(16)33-24)22(30)28-21(26)8-9-27-3/h6-12,27H,13H2,1-5H3,(H2,26,28,30)/b9-8-. The van der Waals surface area contributed by atoms with Crippen LogP contribution >= 0.6 is 0 Å². The van der Waals surface area contributed by atoms with Gasteiger partial charge in [-0.15, -0.1) is 0 Å². The lowest BCUT2D eigenvalue weighted by molar-refractivity contribution is 0.0826. The minimum Gasteiger partial charge on any atom is -0.487 e. The highest BCUT2D eigenvalue weighted by molar-refractivity contribution is 6.09. The minimum atomic E-state index is -0.705. The van der Waals surface area contributed by atoms with Crippen molar-refractivity contribution in [3.63, 3.8) is 0 Å². The highest BCUT2D eigenvalue weighted by Gasteiger charge is 2.34. The number of amidine groups is 1. The summed E-state index contributed by atoms with van der Waals surface area (Å²) < 4.78 is 26.6. The zero-order valence-corrected chi connectivity index (χ0v) is 19.2. The van der Waals surface area contributed by atoms with Crippen molar-refractivity contribution in [2.24, 2.45) is 0 Å². The third kappa shape index (κ3) is 5.49. The zero-order chi connectivity index (χ0) is 24.3. The normalized spacial score (nSPS) is 13.8. The van der Waals surface area contributed by atoms with Crippen molar-refractivity contribution in [1.82, 2.24) is 15.5 Å². The van der Waals surface area contributed by atoms with Gasteiger partial charge in [-0.25, -0.2) is 4.39 Å². The summed E-state index contributed by atoms with van der Waals surface area (Å²) in [4.78, 5) is 26.2. The van der Waals surface area contributed by atoms with Crippen molar-refractivity contribution in [3.05, 3.63) is 65.1 Å². The number of ether oxygens (including phenoxy) is 2. The zero-order valence-electron chi connectivity index (χ0n) is 19.2. The summed E-state index contributed by atoms with van der Waals surface area (Å²) in [7, 11) is 4.85. The number of nitrogens with one attached hydrogen (secondary N) is 3. The Balaban J connectivity index is 1.95. The fraction of sp³-hybridized carbons (Fsp3) is 0.292. The van der Waals surface area contributed by atoms with Gasteiger partial charge in [0.25, 0.3) is 11.8 Å². The molecule has 0 unspecified atom stereocenters. The number of halogens is 1. The Bertz CT molecular complexity index is 1140. The van der Waals surface area contributed by atoms with Crippen LogP contribution in [0.2, 0.25) is 0 Å². The maximum absolute atomic E-state index is 14.8. The average molecular weight is 455 g/mol. The summed E-state index contributed by atoms with van der Waals surface area (Å²) in [5, 5.41) is 13.0. The molecule has 0 aliphatic carbocycles. The van der Waals surface area contributed by atoms with E-state index in [9.17, 15) is 14.0 Å². The van der Waals surface area contributed by atoms with E-state index in [4.69, 9.17) is 14.9 Å². The van der Waals surface area contributed by atoms with Gasteiger partial charge in [-0.2, -0.15) is 0 Å². The molecular weight excluding hydrogens is 427 g/mol. The van der Waals surface area contributed by atoms with Crippen molar-refractivity contribution < 1.29 is 23.5 Å². The molecule has 0 bridgehead atoms. The number of nitrogens with zero attached hydrogens (tertiary/aromatic N) is 1. The molecule has 0 fully saturated rings. The van der Waals surface area contributed by atoms with Gasteiger partial charge in [0, 0.05) is 44.3 Å². The van der Waals surface area contributed by atoms with Crippen LogP contribution in [-0.2, 0) is 6.42 Å². The third-order valence-corrected chi connectivity index (χ3v) is 4.89. The molecule has 2 amide bonds. The monoisotopic (exact) mass is 454 g/mol. The maximum atomic E-state index is 14.8. The first kappa shape index (κ1) is 23.8. The average Bonchev–Trinajstić information content (AvgIpc) is 3.06. The SMILES string of the molecule is CN/C=C\C(=N)NC(=O)c1cc(Oc2ccc(C(=O)N(C)C)cc2F)c2c(c1)OC(C)(C)C2. The topological polar surface area (TPSA) is 104 Å². The lowest BCUT2D eigenvalue weighted by atomic mass is 9.99. The number of amides is 2. The van der Waals surface area contributed by atoms with E-state index in [2.05, 4.69) is 10.6 Å². The number of hydrogen-bond acceptors (Lipinski definition) is 6. The van der Waals surface area contributed by atoms with Crippen molar-refractivity contribution in [2.75, 3.05) is 21.1 Å². The van der Waals surface area contributed by atoms with E-state index >= 15 is 0 Å². The Morgan fingerprint density at radius 3 is 2.55 bits per heavy atom. The Morgan fingerprint density at radius 2 is 1.91 bits per heavy atom. The number of carbonyl (C=O) groups is 2. The summed E-state index contributed by atoms with van der Waals surface area (Å²) in [6.07, 6.45) is 3.41. The Labute approximate surface area is 191 Å². The summed E-state index contributed by atoms with van der Waals surface area (Å²) in [5.74, 6) is -1.03. The van der Waals surface area contributed by atoms with Crippen LogP contribution in [0.5, 0.6) is 17.2 Å². The van der Waals surface area contributed by atoms with Gasteiger partial charge in [-0.05, 0) is 56.5 Å². The molecular formula is C24H27FN4O4. The maximum Gasteiger partial charge on any atom is 0.257 e. The fourth-order valence-corrected chi connectivity index (χ4v) is 3.36. The van der Waals surface area contributed by atoms with Crippen LogP contribution in [0, 0.1) is 11.2 Å². The van der Waals surface area contributed by atoms with Gasteiger partial charge in [0.1, 0.15) is 22.9 Å². The van der Waals surface area contributed by atoms with E-state index < -0.39 is 17.3 Å². The molecule has 3 N–H and O–H groups in total. The molecule has 8 nitrogen and oxygen atoms in total. The molecule has 0 saturated carbocycles. The highest BCUT2D eigenvalue weighted by Crippen LogP contribution is 2.43. The summed E-state index contributed by atoms with van der Waals surface area (Å²) in [6, 6.07) is 7.05. The second-order valence-electron chi connectivity index (χ2n) is 8.43. The van der Waals surface area contributed by atoms with Crippen molar-refractivity contribution in [2.45, 2.75) is 25.9 Å². The van der Waals surface area contributed by atoms with Crippen molar-refractivity contribution >= 4 is 17.6 Å². The van der Waals surface area contributed by atoms with Crippen LogP contribution in [-0.4, -0.2) is 49.3 Å². The van der Waals surface area contributed by atoms with Crippen LogP contribution in [0.3, 0.4) is 0 Å². The van der Waals surface area contributed by atoms with Gasteiger partial charge >= 0.3 is 0 Å². The first-order chi connectivity index (χ1) is 15.5. The Kier molecular flexibility index (Phi) is 6.71. The molecule has 2 aromatic carbocycles. The summed E-state index contributed by atoms with van der Waals surface area (Å²) in [5.41, 5.74) is 0.567. The Hall–Kier alpha value is -3.88. The molecule has 0 saturated heterocycles. The molecule has 1 aliphatic heterocycles. The van der Waals surface area contributed by atoms with E-state index in [0.29, 0.717) is 17.7 Å². The highest BCUT2D eigenvalue weighted by atomic mass is 19.1. The van der Waals surface area contributed by atoms with Gasteiger partial charge in [-0.1, -0.05) is 0 Å². The number of benzene rings is 2. The quantitative estimate of drug-likeness (QED) is 0.458. The van der Waals surface area contributed by atoms with Gasteiger partial charge in [0.2, 0.25) is 0 Å². The molecule has 3 rings (SSSR count). The third-order valence-electron chi connectivity index (χ3n) is 4.89. The van der Waals surface area contributed by atoms with Gasteiger partial charge in [0.15, 0.2) is 11.6 Å². The van der Waals surface area contributed by atoms with Crippen LogP contribution in [0.25, 0.3) is 0 Å². The van der Waals surface area contributed by atoms with Crippen LogP contribution < -0.4 is 20.1 Å². The largest absolute Gasteiger partial charge is 0.487 e. The van der Waals surface area contributed by atoms with Gasteiger partial charge < -0.3 is 25.0 Å².